The molecule has 3 aromatic rings. The van der Waals surface area contributed by atoms with Crippen molar-refractivity contribution in [3.05, 3.63) is 63.4 Å². The average Bonchev–Trinajstić information content (AvgIpc) is 3.08. The zero-order valence-corrected chi connectivity index (χ0v) is 14.0. The molecule has 0 bridgehead atoms. The summed E-state index contributed by atoms with van der Waals surface area (Å²) in [6.45, 7) is 2.49. The van der Waals surface area contributed by atoms with Gasteiger partial charge in [0.05, 0.1) is 11.5 Å². The first-order valence-corrected chi connectivity index (χ1v) is 8.43. The number of pyridine rings is 1. The van der Waals surface area contributed by atoms with Crippen molar-refractivity contribution >= 4 is 45.7 Å². The quantitative estimate of drug-likeness (QED) is 0.361. The summed E-state index contributed by atoms with van der Waals surface area (Å²) in [6, 6.07) is 11.3. The van der Waals surface area contributed by atoms with E-state index in [4.69, 9.17) is 16.3 Å². The minimum atomic E-state index is -0.0424. The van der Waals surface area contributed by atoms with Gasteiger partial charge in [0.1, 0.15) is 16.4 Å². The van der Waals surface area contributed by atoms with Crippen LogP contribution in [0.3, 0.4) is 0 Å². The van der Waals surface area contributed by atoms with Crippen LogP contribution in [0.15, 0.2) is 47.9 Å². The molecular weight excluding hydrogens is 330 g/mol. The lowest BCUT2D eigenvalue weighted by atomic mass is 10.1. The number of para-hydroxylation sites is 1. The van der Waals surface area contributed by atoms with E-state index in [9.17, 15) is 4.79 Å². The highest BCUT2D eigenvalue weighted by Gasteiger charge is 2.08. The number of rotatable bonds is 5. The van der Waals surface area contributed by atoms with Gasteiger partial charge in [-0.15, -0.1) is 11.3 Å². The van der Waals surface area contributed by atoms with Gasteiger partial charge in [-0.1, -0.05) is 29.8 Å². The Labute approximate surface area is 143 Å². The van der Waals surface area contributed by atoms with Crippen LogP contribution in [-0.2, 0) is 0 Å². The first-order valence-electron chi connectivity index (χ1n) is 7.17. The maximum absolute atomic E-state index is 12.0. The van der Waals surface area contributed by atoms with Crippen LogP contribution in [-0.4, -0.2) is 17.4 Å². The Morgan fingerprint density at radius 2 is 2.22 bits per heavy atom. The van der Waals surface area contributed by atoms with Gasteiger partial charge in [-0.2, -0.15) is 0 Å². The number of hydrogen-bond acceptors (Lipinski definition) is 4. The number of benzene rings is 1. The Morgan fingerprint density at radius 1 is 1.35 bits per heavy atom. The topological polar surface area (TPSA) is 39.2 Å². The molecule has 1 aromatic carbocycles. The largest absolute Gasteiger partial charge is 0.492 e. The molecule has 0 aliphatic heterocycles. The highest BCUT2D eigenvalue weighted by molar-refractivity contribution is 7.12. The fraction of sp³-hybridized carbons (Fsp3) is 0.111. The number of aromatic nitrogens is 1. The van der Waals surface area contributed by atoms with Crippen LogP contribution in [0.4, 0.5) is 0 Å². The van der Waals surface area contributed by atoms with E-state index in [-0.39, 0.29) is 5.78 Å². The molecule has 0 saturated carbocycles. The van der Waals surface area contributed by atoms with Crippen molar-refractivity contribution in [2.45, 2.75) is 6.92 Å². The maximum atomic E-state index is 12.0. The molecule has 0 unspecified atom stereocenters. The number of halogens is 1. The highest BCUT2D eigenvalue weighted by atomic mass is 35.5. The molecule has 0 saturated heterocycles. The molecule has 0 amide bonds. The SMILES string of the molecule is CCOc1cccc2cc(C=CC(=O)c3cccs3)c(Cl)nc12. The fourth-order valence-corrected chi connectivity index (χ4v) is 3.07. The second kappa shape index (κ2) is 6.94. The van der Waals surface area contributed by atoms with Gasteiger partial charge in [0.2, 0.25) is 0 Å². The van der Waals surface area contributed by atoms with E-state index in [2.05, 4.69) is 4.98 Å². The summed E-state index contributed by atoms with van der Waals surface area (Å²) in [6.07, 6.45) is 3.22. The summed E-state index contributed by atoms with van der Waals surface area (Å²) < 4.78 is 5.57. The third-order valence-electron chi connectivity index (χ3n) is 3.27. The molecule has 116 valence electrons. The Morgan fingerprint density at radius 3 is 2.96 bits per heavy atom. The van der Waals surface area contributed by atoms with Gasteiger partial charge in [-0.05, 0) is 42.7 Å². The molecule has 23 heavy (non-hydrogen) atoms. The normalized spacial score (nSPS) is 11.2. The molecule has 0 radical (unpaired) electrons. The lowest BCUT2D eigenvalue weighted by molar-refractivity contribution is 0.105. The molecule has 0 fully saturated rings. The molecule has 2 aromatic heterocycles. The van der Waals surface area contributed by atoms with E-state index in [0.29, 0.717) is 28.0 Å². The lowest BCUT2D eigenvalue weighted by Gasteiger charge is -2.08. The summed E-state index contributed by atoms with van der Waals surface area (Å²) >= 11 is 7.67. The molecule has 3 nitrogen and oxygen atoms in total. The second-order valence-corrected chi connectivity index (χ2v) is 6.11. The molecule has 0 aliphatic carbocycles. The molecule has 3 rings (SSSR count). The zero-order chi connectivity index (χ0) is 16.2. The zero-order valence-electron chi connectivity index (χ0n) is 12.5. The van der Waals surface area contributed by atoms with Crippen LogP contribution in [0, 0.1) is 0 Å². The summed E-state index contributed by atoms with van der Waals surface area (Å²) in [5, 5.41) is 3.14. The molecular formula is C18H14ClNO2S. The van der Waals surface area contributed by atoms with E-state index < -0.39 is 0 Å². The van der Waals surface area contributed by atoms with Crippen molar-refractivity contribution in [2.24, 2.45) is 0 Å². The van der Waals surface area contributed by atoms with Crippen LogP contribution >= 0.6 is 22.9 Å². The van der Waals surface area contributed by atoms with Gasteiger partial charge in [0.15, 0.2) is 5.78 Å². The molecule has 0 spiro atoms. The predicted octanol–water partition coefficient (Wildman–Crippen LogP) is 5.24. The number of nitrogens with zero attached hydrogens (tertiary/aromatic N) is 1. The number of fused-ring (bicyclic) bond motifs is 1. The van der Waals surface area contributed by atoms with Crippen LogP contribution in [0.25, 0.3) is 17.0 Å². The number of carbonyl (C=O) groups is 1. The van der Waals surface area contributed by atoms with Crippen molar-refractivity contribution < 1.29 is 9.53 Å². The Bertz CT molecular complexity index is 872. The minimum absolute atomic E-state index is 0.0424. The molecule has 2 heterocycles. The van der Waals surface area contributed by atoms with Gasteiger partial charge in [0.25, 0.3) is 0 Å². The van der Waals surface area contributed by atoms with Gasteiger partial charge >= 0.3 is 0 Å². The van der Waals surface area contributed by atoms with Gasteiger partial charge in [0, 0.05) is 10.9 Å². The number of carbonyl (C=O) groups excluding carboxylic acids is 1. The maximum Gasteiger partial charge on any atom is 0.195 e. The summed E-state index contributed by atoms with van der Waals surface area (Å²) in [5.74, 6) is 0.663. The van der Waals surface area contributed by atoms with Crippen molar-refractivity contribution in [2.75, 3.05) is 6.61 Å². The first kappa shape index (κ1) is 15.7. The van der Waals surface area contributed by atoms with E-state index in [1.807, 2.05) is 42.6 Å². The van der Waals surface area contributed by atoms with Crippen LogP contribution in [0.2, 0.25) is 5.15 Å². The van der Waals surface area contributed by atoms with Crippen molar-refractivity contribution in [1.29, 1.82) is 0 Å². The van der Waals surface area contributed by atoms with Crippen molar-refractivity contribution in [1.82, 2.24) is 4.98 Å². The van der Waals surface area contributed by atoms with Crippen LogP contribution < -0.4 is 4.74 Å². The van der Waals surface area contributed by atoms with Crippen LogP contribution in [0.1, 0.15) is 22.2 Å². The smallest absolute Gasteiger partial charge is 0.195 e. The number of hydrogen-bond donors (Lipinski definition) is 0. The Kier molecular flexibility index (Phi) is 4.74. The van der Waals surface area contributed by atoms with Gasteiger partial charge < -0.3 is 4.74 Å². The van der Waals surface area contributed by atoms with Crippen molar-refractivity contribution in [3.63, 3.8) is 0 Å². The molecule has 0 atom stereocenters. The van der Waals surface area contributed by atoms with Gasteiger partial charge in [-0.3, -0.25) is 4.79 Å². The standard InChI is InChI=1S/C18H14ClNO2S/c1-2-22-15-6-3-5-12-11-13(18(19)20-17(12)15)8-9-14(21)16-7-4-10-23-16/h3-11H,2H2,1H3. The number of ketones is 1. The predicted molar refractivity (Wildman–Crippen MR) is 95.6 cm³/mol. The number of allylic oxidation sites excluding steroid dienone is 1. The minimum Gasteiger partial charge on any atom is -0.492 e. The number of thiophene rings is 1. The lowest BCUT2D eigenvalue weighted by Crippen LogP contribution is -1.95. The summed E-state index contributed by atoms with van der Waals surface area (Å²) in [5.41, 5.74) is 1.43. The molecule has 5 heteroatoms. The number of ether oxygens (including phenoxy) is 1. The van der Waals surface area contributed by atoms with Crippen molar-refractivity contribution in [3.8, 4) is 5.75 Å². The summed E-state index contributed by atoms with van der Waals surface area (Å²) in [4.78, 5) is 17.1. The van der Waals surface area contributed by atoms with E-state index in [0.717, 1.165) is 10.9 Å². The van der Waals surface area contributed by atoms with Gasteiger partial charge in [-0.25, -0.2) is 4.98 Å². The second-order valence-electron chi connectivity index (χ2n) is 4.80. The Balaban J connectivity index is 1.96. The third-order valence-corrected chi connectivity index (χ3v) is 4.45. The average molecular weight is 344 g/mol. The monoisotopic (exact) mass is 343 g/mol. The van der Waals surface area contributed by atoms with E-state index >= 15 is 0 Å². The van der Waals surface area contributed by atoms with E-state index in [1.54, 1.807) is 12.1 Å². The first-order chi connectivity index (χ1) is 11.2. The highest BCUT2D eigenvalue weighted by Crippen LogP contribution is 2.28. The van der Waals surface area contributed by atoms with Crippen LogP contribution in [0.5, 0.6) is 5.75 Å². The molecule has 0 aliphatic rings. The van der Waals surface area contributed by atoms with E-state index in [1.165, 1.54) is 17.4 Å². The third kappa shape index (κ3) is 3.44. The molecule has 0 N–H and O–H groups in total. The summed E-state index contributed by atoms with van der Waals surface area (Å²) in [7, 11) is 0. The fourth-order valence-electron chi connectivity index (χ4n) is 2.22. The Hall–Kier alpha value is -2.17.